The van der Waals surface area contributed by atoms with Gasteiger partial charge in [0.1, 0.15) is 11.1 Å². The molecule has 1 aliphatic heterocycles. The van der Waals surface area contributed by atoms with Gasteiger partial charge in [-0.25, -0.2) is 0 Å². The second kappa shape index (κ2) is 8.58. The molecule has 0 spiro atoms. The lowest BCUT2D eigenvalue weighted by atomic mass is 9.90. The number of carbonyl (C=O) groups excluding carboxylic acids is 2. The molecular formula is C26H30N2O3. The number of aryl methyl sites for hydroxylation is 1. The van der Waals surface area contributed by atoms with Crippen LogP contribution in [-0.2, 0) is 17.8 Å². The van der Waals surface area contributed by atoms with Gasteiger partial charge in [-0.15, -0.1) is 0 Å². The van der Waals surface area contributed by atoms with Gasteiger partial charge in [-0.1, -0.05) is 62.4 Å². The number of amides is 2. The van der Waals surface area contributed by atoms with E-state index in [-0.39, 0.29) is 11.8 Å². The van der Waals surface area contributed by atoms with Gasteiger partial charge >= 0.3 is 0 Å². The molecule has 0 saturated carbocycles. The quantitative estimate of drug-likeness (QED) is 0.617. The molecule has 2 amide bonds. The Morgan fingerprint density at radius 2 is 1.84 bits per heavy atom. The van der Waals surface area contributed by atoms with Gasteiger partial charge in [-0.3, -0.25) is 9.59 Å². The first-order valence-electron chi connectivity index (χ1n) is 11.0. The molecule has 3 aromatic rings. The Hall–Kier alpha value is -3.08. The van der Waals surface area contributed by atoms with Crippen LogP contribution >= 0.6 is 0 Å². The van der Waals surface area contributed by atoms with Gasteiger partial charge in [-0.05, 0) is 43.7 Å². The van der Waals surface area contributed by atoms with E-state index < -0.39 is 5.54 Å². The lowest BCUT2D eigenvalue weighted by molar-refractivity contribution is -0.132. The summed E-state index contributed by atoms with van der Waals surface area (Å²) in [6.45, 7) is 7.10. The van der Waals surface area contributed by atoms with Crippen molar-refractivity contribution >= 4 is 22.8 Å². The normalized spacial score (nSPS) is 18.8. The Kier molecular flexibility index (Phi) is 5.86. The monoisotopic (exact) mass is 418 g/mol. The molecule has 162 valence electrons. The summed E-state index contributed by atoms with van der Waals surface area (Å²) in [5.41, 5.74) is 1.63. The molecule has 2 heterocycles. The molecule has 1 aliphatic rings. The van der Waals surface area contributed by atoms with Crippen LogP contribution in [0.15, 0.2) is 59.0 Å². The van der Waals surface area contributed by atoms with Gasteiger partial charge in [0.05, 0.1) is 0 Å². The molecule has 1 N–H and O–H groups in total. The minimum atomic E-state index is -0.966. The smallest absolute Gasteiger partial charge is 0.291 e. The van der Waals surface area contributed by atoms with E-state index in [1.807, 2.05) is 61.5 Å². The first kappa shape index (κ1) is 21.2. The molecule has 0 saturated heterocycles. The summed E-state index contributed by atoms with van der Waals surface area (Å²) >= 11 is 0. The van der Waals surface area contributed by atoms with Crippen molar-refractivity contribution in [3.63, 3.8) is 0 Å². The van der Waals surface area contributed by atoms with Crippen molar-refractivity contribution in [1.82, 2.24) is 10.2 Å². The summed E-state index contributed by atoms with van der Waals surface area (Å²) in [6, 6.07) is 17.5. The fraction of sp³-hybridized carbons (Fsp3) is 0.385. The number of nitrogens with zero attached hydrogens (tertiary/aromatic N) is 1. The predicted octanol–water partition coefficient (Wildman–Crippen LogP) is 4.94. The average molecular weight is 419 g/mol. The summed E-state index contributed by atoms with van der Waals surface area (Å²) in [5.74, 6) is 0.524. The molecule has 5 heteroatoms. The van der Waals surface area contributed by atoms with Gasteiger partial charge in [0.25, 0.3) is 5.91 Å². The number of benzene rings is 2. The summed E-state index contributed by atoms with van der Waals surface area (Å²) in [6.07, 6.45) is 2.05. The highest BCUT2D eigenvalue weighted by Gasteiger charge is 2.46. The Bertz CT molecular complexity index is 1090. The van der Waals surface area contributed by atoms with Gasteiger partial charge < -0.3 is 14.6 Å². The molecule has 5 nitrogen and oxygen atoms in total. The highest BCUT2D eigenvalue weighted by atomic mass is 16.3. The van der Waals surface area contributed by atoms with E-state index in [0.717, 1.165) is 22.9 Å². The zero-order valence-electron chi connectivity index (χ0n) is 18.5. The van der Waals surface area contributed by atoms with E-state index in [0.29, 0.717) is 43.2 Å². The lowest BCUT2D eigenvalue weighted by Gasteiger charge is -2.38. The van der Waals surface area contributed by atoms with Crippen molar-refractivity contribution in [3.8, 4) is 0 Å². The lowest BCUT2D eigenvalue weighted by Crippen LogP contribution is -2.58. The van der Waals surface area contributed by atoms with Crippen LogP contribution < -0.4 is 5.32 Å². The summed E-state index contributed by atoms with van der Waals surface area (Å²) in [7, 11) is 0. The Morgan fingerprint density at radius 1 is 1.13 bits per heavy atom. The van der Waals surface area contributed by atoms with Gasteiger partial charge in [0.2, 0.25) is 5.91 Å². The van der Waals surface area contributed by atoms with E-state index >= 15 is 0 Å². The number of hydrogen-bond acceptors (Lipinski definition) is 3. The minimum absolute atomic E-state index is 0.105. The van der Waals surface area contributed by atoms with Crippen LogP contribution in [0, 0.1) is 5.92 Å². The number of hydrogen-bond donors (Lipinski definition) is 1. The summed E-state index contributed by atoms with van der Waals surface area (Å²) in [4.78, 5) is 28.9. The highest BCUT2D eigenvalue weighted by molar-refractivity contribution is 6.03. The highest BCUT2D eigenvalue weighted by Crippen LogP contribution is 2.36. The second-order valence-electron chi connectivity index (χ2n) is 9.00. The maximum Gasteiger partial charge on any atom is 0.291 e. The molecule has 0 fully saturated rings. The van der Waals surface area contributed by atoms with E-state index in [9.17, 15) is 9.59 Å². The van der Waals surface area contributed by atoms with Gasteiger partial charge in [-0.2, -0.15) is 0 Å². The third kappa shape index (κ3) is 4.09. The third-order valence-electron chi connectivity index (χ3n) is 6.28. The molecule has 1 unspecified atom stereocenters. The van der Waals surface area contributed by atoms with Crippen LogP contribution in [0.5, 0.6) is 0 Å². The number of furan rings is 1. The first-order chi connectivity index (χ1) is 14.9. The Balaban J connectivity index is 1.72. The molecule has 0 radical (unpaired) electrons. The number of carbonyl (C=O) groups is 2. The number of para-hydroxylation sites is 1. The van der Waals surface area contributed by atoms with E-state index in [4.69, 9.17) is 4.42 Å². The molecule has 1 aromatic heterocycles. The molecule has 0 bridgehead atoms. The third-order valence-corrected chi connectivity index (χ3v) is 6.28. The Labute approximate surface area is 183 Å². The summed E-state index contributed by atoms with van der Waals surface area (Å²) < 4.78 is 6.01. The zero-order chi connectivity index (χ0) is 22.0. The fourth-order valence-corrected chi connectivity index (χ4v) is 4.28. The van der Waals surface area contributed by atoms with E-state index in [2.05, 4.69) is 19.2 Å². The fourth-order valence-electron chi connectivity index (χ4n) is 4.28. The SMILES string of the molecule is CC(C)CCNC(=O)C1(C)CCc2c(oc3ccccc23)C(=O)N1Cc1ccccc1. The van der Waals surface area contributed by atoms with Crippen LogP contribution in [0.4, 0.5) is 0 Å². The molecular weight excluding hydrogens is 388 g/mol. The minimum Gasteiger partial charge on any atom is -0.451 e. The predicted molar refractivity (Wildman–Crippen MR) is 122 cm³/mol. The number of rotatable bonds is 6. The van der Waals surface area contributed by atoms with Crippen molar-refractivity contribution in [2.45, 2.75) is 52.1 Å². The van der Waals surface area contributed by atoms with Crippen LogP contribution in [0.25, 0.3) is 11.0 Å². The molecule has 2 aromatic carbocycles. The van der Waals surface area contributed by atoms with Crippen LogP contribution in [0.2, 0.25) is 0 Å². The molecule has 31 heavy (non-hydrogen) atoms. The maximum atomic E-state index is 13.8. The van der Waals surface area contributed by atoms with Crippen LogP contribution in [-0.4, -0.2) is 28.8 Å². The topological polar surface area (TPSA) is 62.6 Å². The summed E-state index contributed by atoms with van der Waals surface area (Å²) in [5, 5.41) is 4.03. The van der Waals surface area contributed by atoms with E-state index in [1.165, 1.54) is 0 Å². The molecule has 0 aliphatic carbocycles. The van der Waals surface area contributed by atoms with Crippen molar-refractivity contribution in [2.75, 3.05) is 6.54 Å². The number of fused-ring (bicyclic) bond motifs is 3. The van der Waals surface area contributed by atoms with Crippen LogP contribution in [0.3, 0.4) is 0 Å². The number of nitrogens with one attached hydrogen (secondary N) is 1. The van der Waals surface area contributed by atoms with Crippen molar-refractivity contribution in [3.05, 3.63) is 71.5 Å². The first-order valence-corrected chi connectivity index (χ1v) is 11.0. The standard InChI is InChI=1S/C26H30N2O3/c1-18(2)14-16-27-25(30)26(3)15-13-21-20-11-7-8-12-22(20)31-23(21)24(29)28(26)17-19-9-5-4-6-10-19/h4-12,18H,13-17H2,1-3H3,(H,27,30). The largest absolute Gasteiger partial charge is 0.451 e. The van der Waals surface area contributed by atoms with Gasteiger partial charge in [0, 0.05) is 24.0 Å². The Morgan fingerprint density at radius 3 is 2.58 bits per heavy atom. The van der Waals surface area contributed by atoms with Crippen molar-refractivity contribution < 1.29 is 14.0 Å². The average Bonchev–Trinajstić information content (AvgIpc) is 3.10. The van der Waals surface area contributed by atoms with Crippen LogP contribution in [0.1, 0.15) is 55.3 Å². The van der Waals surface area contributed by atoms with Gasteiger partial charge in [0.15, 0.2) is 5.76 Å². The molecule has 4 rings (SSSR count). The zero-order valence-corrected chi connectivity index (χ0v) is 18.5. The molecule has 1 atom stereocenters. The van der Waals surface area contributed by atoms with E-state index in [1.54, 1.807) is 4.90 Å². The second-order valence-corrected chi connectivity index (χ2v) is 9.00. The van der Waals surface area contributed by atoms with Crippen molar-refractivity contribution in [2.24, 2.45) is 5.92 Å². The maximum absolute atomic E-state index is 13.8. The van der Waals surface area contributed by atoms with Crippen molar-refractivity contribution in [1.29, 1.82) is 0 Å².